The molecule has 1 N–H and O–H groups in total. The van der Waals surface area contributed by atoms with Gasteiger partial charge in [-0.05, 0) is 61.6 Å². The number of hydrogen-bond donors (Lipinski definition) is 1. The van der Waals surface area contributed by atoms with Crippen LogP contribution in [0.3, 0.4) is 0 Å². The molecule has 21 heavy (non-hydrogen) atoms. The van der Waals surface area contributed by atoms with Crippen molar-refractivity contribution < 1.29 is 0 Å². The van der Waals surface area contributed by atoms with Gasteiger partial charge < -0.3 is 5.32 Å². The van der Waals surface area contributed by atoms with Crippen molar-refractivity contribution in [2.24, 2.45) is 17.8 Å². The second-order valence-corrected chi connectivity index (χ2v) is 7.74. The van der Waals surface area contributed by atoms with E-state index in [1.165, 1.54) is 35.7 Å². The molecule has 1 fully saturated rings. The molecule has 0 amide bonds. The third-order valence-corrected chi connectivity index (χ3v) is 6.04. The van der Waals surface area contributed by atoms with Gasteiger partial charge in [-0.25, -0.2) is 0 Å². The van der Waals surface area contributed by atoms with Gasteiger partial charge in [0.05, 0.1) is 0 Å². The number of hydrogen-bond acceptors (Lipinski definition) is 1. The molecule has 1 nitrogen and oxygen atoms in total. The van der Waals surface area contributed by atoms with Crippen molar-refractivity contribution in [2.75, 3.05) is 6.54 Å². The second-order valence-electron chi connectivity index (χ2n) is 6.88. The van der Waals surface area contributed by atoms with Gasteiger partial charge >= 0.3 is 0 Å². The van der Waals surface area contributed by atoms with E-state index in [1.54, 1.807) is 0 Å². The summed E-state index contributed by atoms with van der Waals surface area (Å²) in [5.74, 6) is 2.60. The highest BCUT2D eigenvalue weighted by atomic mass is 79.9. The van der Waals surface area contributed by atoms with E-state index in [4.69, 9.17) is 0 Å². The zero-order valence-electron chi connectivity index (χ0n) is 13.7. The van der Waals surface area contributed by atoms with Crippen LogP contribution in [0, 0.1) is 17.8 Å². The smallest absolute Gasteiger partial charge is 0.0207 e. The molecule has 1 aromatic carbocycles. The fourth-order valence-corrected chi connectivity index (χ4v) is 4.04. The molecule has 0 saturated heterocycles. The topological polar surface area (TPSA) is 12.0 Å². The maximum Gasteiger partial charge on any atom is 0.0207 e. The van der Waals surface area contributed by atoms with Crippen molar-refractivity contribution in [1.82, 2.24) is 5.32 Å². The highest BCUT2D eigenvalue weighted by molar-refractivity contribution is 9.10. The minimum atomic E-state index is 0.624. The Labute approximate surface area is 139 Å². The van der Waals surface area contributed by atoms with Gasteiger partial charge in [-0.1, -0.05) is 61.3 Å². The third-order valence-electron chi connectivity index (χ3n) is 5.26. The quantitative estimate of drug-likeness (QED) is 0.720. The summed E-state index contributed by atoms with van der Waals surface area (Å²) < 4.78 is 1.26. The summed E-state index contributed by atoms with van der Waals surface area (Å²) in [6, 6.07) is 9.31. The Morgan fingerprint density at radius 2 is 1.95 bits per heavy atom. The molecule has 0 aliphatic heterocycles. The zero-order chi connectivity index (χ0) is 15.2. The lowest BCUT2D eigenvalue weighted by Crippen LogP contribution is -2.41. The predicted molar refractivity (Wildman–Crippen MR) is 95.6 cm³/mol. The normalized spacial score (nSPS) is 27.5. The summed E-state index contributed by atoms with van der Waals surface area (Å²) in [4.78, 5) is 0. The van der Waals surface area contributed by atoms with Gasteiger partial charge in [0.15, 0.2) is 0 Å². The van der Waals surface area contributed by atoms with Gasteiger partial charge in [-0.2, -0.15) is 0 Å². The van der Waals surface area contributed by atoms with Crippen LogP contribution in [0.4, 0.5) is 0 Å². The maximum atomic E-state index is 3.83. The fourth-order valence-electron chi connectivity index (χ4n) is 3.59. The maximum absolute atomic E-state index is 3.83. The van der Waals surface area contributed by atoms with Crippen LogP contribution in [0.5, 0.6) is 0 Å². The van der Waals surface area contributed by atoms with E-state index in [-0.39, 0.29) is 0 Å². The van der Waals surface area contributed by atoms with E-state index < -0.39 is 0 Å². The fraction of sp³-hybridized carbons (Fsp3) is 0.684. The number of nitrogens with one attached hydrogen (secondary N) is 1. The van der Waals surface area contributed by atoms with E-state index in [9.17, 15) is 0 Å². The summed E-state index contributed by atoms with van der Waals surface area (Å²) in [6.07, 6.45) is 6.52. The molecule has 1 aliphatic rings. The van der Waals surface area contributed by atoms with Crippen LogP contribution in [-0.2, 0) is 6.42 Å². The molecular formula is C19H30BrN. The average Bonchev–Trinajstić information content (AvgIpc) is 2.48. The predicted octanol–water partition coefficient (Wildman–Crippen LogP) is 5.43. The first-order chi connectivity index (χ1) is 10.1. The van der Waals surface area contributed by atoms with Crippen LogP contribution >= 0.6 is 15.9 Å². The Hall–Kier alpha value is -0.340. The molecule has 1 aromatic rings. The van der Waals surface area contributed by atoms with Crippen molar-refractivity contribution in [3.05, 3.63) is 34.3 Å². The Morgan fingerprint density at radius 3 is 2.62 bits per heavy atom. The molecule has 0 radical (unpaired) electrons. The van der Waals surface area contributed by atoms with Crippen LogP contribution in [0.2, 0.25) is 0 Å². The molecule has 2 rings (SSSR count). The van der Waals surface area contributed by atoms with Gasteiger partial charge in [0.2, 0.25) is 0 Å². The Balaban J connectivity index is 2.05. The largest absolute Gasteiger partial charge is 0.313 e. The zero-order valence-corrected chi connectivity index (χ0v) is 15.3. The standard InChI is InChI=1S/C19H30BrN/c1-4-11-21-19(13-16-7-5-6-8-18(16)20)17-10-9-14(2)15(3)12-17/h5-8,14-15,17,19,21H,4,9-13H2,1-3H3. The molecule has 2 heteroatoms. The molecule has 4 unspecified atom stereocenters. The van der Waals surface area contributed by atoms with Crippen LogP contribution < -0.4 is 5.32 Å². The third kappa shape index (κ3) is 4.82. The number of benzene rings is 1. The van der Waals surface area contributed by atoms with E-state index in [0.29, 0.717) is 6.04 Å². The van der Waals surface area contributed by atoms with E-state index >= 15 is 0 Å². The lowest BCUT2D eigenvalue weighted by molar-refractivity contribution is 0.170. The van der Waals surface area contributed by atoms with Crippen molar-refractivity contribution >= 4 is 15.9 Å². The lowest BCUT2D eigenvalue weighted by atomic mass is 9.72. The molecule has 1 saturated carbocycles. The molecule has 4 atom stereocenters. The molecule has 0 aromatic heterocycles. The van der Waals surface area contributed by atoms with E-state index in [0.717, 1.165) is 30.7 Å². The molecule has 0 bridgehead atoms. The van der Waals surface area contributed by atoms with Gasteiger partial charge in [-0.3, -0.25) is 0 Å². The first-order valence-electron chi connectivity index (χ1n) is 8.58. The molecule has 1 aliphatic carbocycles. The van der Waals surface area contributed by atoms with Gasteiger partial charge in [-0.15, -0.1) is 0 Å². The molecular weight excluding hydrogens is 322 g/mol. The van der Waals surface area contributed by atoms with Crippen molar-refractivity contribution in [3.8, 4) is 0 Å². The van der Waals surface area contributed by atoms with Crippen molar-refractivity contribution in [1.29, 1.82) is 0 Å². The Kier molecular flexibility index (Phi) is 6.75. The van der Waals surface area contributed by atoms with Crippen molar-refractivity contribution in [3.63, 3.8) is 0 Å². The lowest BCUT2D eigenvalue weighted by Gasteiger charge is -2.37. The highest BCUT2D eigenvalue weighted by Gasteiger charge is 2.30. The van der Waals surface area contributed by atoms with Crippen LogP contribution in [0.25, 0.3) is 0 Å². The van der Waals surface area contributed by atoms with Crippen LogP contribution in [-0.4, -0.2) is 12.6 Å². The first kappa shape index (κ1) is 17.0. The van der Waals surface area contributed by atoms with E-state index in [1.807, 2.05) is 0 Å². The monoisotopic (exact) mass is 351 g/mol. The number of halogens is 1. The number of rotatable bonds is 6. The SMILES string of the molecule is CCCNC(Cc1ccccc1Br)C1CCC(C)C(C)C1. The minimum absolute atomic E-state index is 0.624. The summed E-state index contributed by atoms with van der Waals surface area (Å²) in [5, 5.41) is 3.83. The van der Waals surface area contributed by atoms with Crippen molar-refractivity contribution in [2.45, 2.75) is 58.9 Å². The highest BCUT2D eigenvalue weighted by Crippen LogP contribution is 2.36. The Bertz CT molecular complexity index is 431. The van der Waals surface area contributed by atoms with E-state index in [2.05, 4.69) is 66.3 Å². The summed E-state index contributed by atoms with van der Waals surface area (Å²) in [7, 11) is 0. The van der Waals surface area contributed by atoms with Gasteiger partial charge in [0.1, 0.15) is 0 Å². The summed E-state index contributed by atoms with van der Waals surface area (Å²) >= 11 is 3.71. The van der Waals surface area contributed by atoms with Gasteiger partial charge in [0, 0.05) is 10.5 Å². The summed E-state index contributed by atoms with van der Waals surface area (Å²) in [5.41, 5.74) is 1.44. The van der Waals surface area contributed by atoms with Crippen LogP contribution in [0.1, 0.15) is 52.0 Å². The second kappa shape index (κ2) is 8.33. The first-order valence-corrected chi connectivity index (χ1v) is 9.37. The average molecular weight is 352 g/mol. The summed E-state index contributed by atoms with van der Waals surface area (Å²) in [6.45, 7) is 8.25. The molecule has 0 spiro atoms. The van der Waals surface area contributed by atoms with Gasteiger partial charge in [0.25, 0.3) is 0 Å². The molecule has 0 heterocycles. The molecule has 118 valence electrons. The van der Waals surface area contributed by atoms with Crippen LogP contribution in [0.15, 0.2) is 28.7 Å². The minimum Gasteiger partial charge on any atom is -0.313 e. The Morgan fingerprint density at radius 1 is 1.19 bits per heavy atom.